The highest BCUT2D eigenvalue weighted by Crippen LogP contribution is 2.28. The van der Waals surface area contributed by atoms with Gasteiger partial charge in [0.05, 0.1) is 32.7 Å². The van der Waals surface area contributed by atoms with Crippen LogP contribution in [0.1, 0.15) is 16.7 Å². The molecule has 0 bridgehead atoms. The first kappa shape index (κ1) is 24.7. The Bertz CT molecular complexity index is 1080. The maximum absolute atomic E-state index is 6.47. The summed E-state index contributed by atoms with van der Waals surface area (Å²) in [5.74, 6) is 0. The Hall–Kier alpha value is -3.44. The second kappa shape index (κ2) is 13.4. The van der Waals surface area contributed by atoms with E-state index in [1.54, 1.807) is 12.3 Å². The average Bonchev–Trinajstić information content (AvgIpc) is 2.92. The van der Waals surface area contributed by atoms with E-state index in [0.717, 1.165) is 22.3 Å². The number of hydrogen-bond donors (Lipinski definition) is 0. The zero-order valence-corrected chi connectivity index (χ0v) is 19.9. The van der Waals surface area contributed by atoms with Gasteiger partial charge in [-0.25, -0.2) is 0 Å². The fourth-order valence-corrected chi connectivity index (χ4v) is 3.92. The second-order valence-electron chi connectivity index (χ2n) is 8.37. The Kier molecular flexibility index (Phi) is 9.48. The quantitative estimate of drug-likeness (QED) is 0.288. The lowest BCUT2D eigenvalue weighted by Gasteiger charge is -2.37. The highest BCUT2D eigenvalue weighted by molar-refractivity contribution is 5.28. The lowest BCUT2D eigenvalue weighted by Crippen LogP contribution is -2.47. The van der Waals surface area contributed by atoms with Crippen LogP contribution in [0.15, 0.2) is 128 Å². The fourth-order valence-electron chi connectivity index (χ4n) is 3.92. The maximum Gasteiger partial charge on any atom is 0.150 e. The van der Waals surface area contributed by atoms with E-state index in [4.69, 9.17) is 18.9 Å². The molecule has 180 valence electrons. The number of benzene rings is 3. The number of allylic oxidation sites excluding steroid dienone is 2. The molecule has 35 heavy (non-hydrogen) atoms. The van der Waals surface area contributed by atoms with Gasteiger partial charge in [-0.2, -0.15) is 0 Å². The van der Waals surface area contributed by atoms with Crippen LogP contribution < -0.4 is 0 Å². The summed E-state index contributed by atoms with van der Waals surface area (Å²) >= 11 is 0. The van der Waals surface area contributed by atoms with Gasteiger partial charge in [0.1, 0.15) is 18.3 Å². The van der Waals surface area contributed by atoms with E-state index < -0.39 is 0 Å². The minimum absolute atomic E-state index is 0.316. The average molecular weight is 469 g/mol. The predicted molar refractivity (Wildman–Crippen MR) is 138 cm³/mol. The van der Waals surface area contributed by atoms with Gasteiger partial charge < -0.3 is 18.9 Å². The highest BCUT2D eigenvalue weighted by Gasteiger charge is 2.38. The summed E-state index contributed by atoms with van der Waals surface area (Å²) in [7, 11) is 0. The molecule has 0 saturated heterocycles. The Labute approximate surface area is 208 Å². The van der Waals surface area contributed by atoms with Gasteiger partial charge in [-0.3, -0.25) is 0 Å². The molecule has 3 aromatic rings. The van der Waals surface area contributed by atoms with E-state index in [9.17, 15) is 0 Å². The van der Waals surface area contributed by atoms with Crippen LogP contribution in [0.2, 0.25) is 0 Å². The monoisotopic (exact) mass is 468 g/mol. The molecule has 4 heteroatoms. The van der Waals surface area contributed by atoms with E-state index in [1.807, 2.05) is 66.7 Å². The summed E-state index contributed by atoms with van der Waals surface area (Å²) in [5, 5.41) is 0. The second-order valence-corrected chi connectivity index (χ2v) is 8.37. The van der Waals surface area contributed by atoms with Gasteiger partial charge in [0, 0.05) is 5.57 Å². The Morgan fingerprint density at radius 3 is 1.83 bits per heavy atom. The molecule has 3 atom stereocenters. The third-order valence-electron chi connectivity index (χ3n) is 5.75. The molecular weight excluding hydrogens is 436 g/mol. The first-order valence-electron chi connectivity index (χ1n) is 11.9. The van der Waals surface area contributed by atoms with Crippen molar-refractivity contribution in [1.82, 2.24) is 0 Å². The van der Waals surface area contributed by atoms with Crippen LogP contribution in [-0.2, 0) is 38.8 Å². The van der Waals surface area contributed by atoms with Crippen LogP contribution in [0.5, 0.6) is 0 Å². The van der Waals surface area contributed by atoms with Crippen LogP contribution in [0.4, 0.5) is 0 Å². The lowest BCUT2D eigenvalue weighted by molar-refractivity contribution is -0.150. The van der Waals surface area contributed by atoms with Crippen molar-refractivity contribution in [2.45, 2.75) is 38.1 Å². The van der Waals surface area contributed by atoms with Crippen molar-refractivity contribution in [3.63, 3.8) is 0 Å². The van der Waals surface area contributed by atoms with Gasteiger partial charge in [-0.15, -0.1) is 0 Å². The van der Waals surface area contributed by atoms with Crippen LogP contribution in [0, 0.1) is 0 Å². The fraction of sp³-hybridized carbons (Fsp3) is 0.226. The van der Waals surface area contributed by atoms with Crippen molar-refractivity contribution in [2.75, 3.05) is 6.61 Å². The zero-order valence-electron chi connectivity index (χ0n) is 19.9. The van der Waals surface area contributed by atoms with E-state index in [1.165, 1.54) is 0 Å². The van der Waals surface area contributed by atoms with Gasteiger partial charge in [0.15, 0.2) is 0 Å². The molecule has 1 aliphatic rings. The molecule has 3 aromatic carbocycles. The summed E-state index contributed by atoms with van der Waals surface area (Å²) in [4.78, 5) is 0. The van der Waals surface area contributed by atoms with Crippen LogP contribution in [-0.4, -0.2) is 24.9 Å². The molecule has 0 amide bonds. The number of rotatable bonds is 12. The number of ether oxygens (including phenoxy) is 4. The summed E-state index contributed by atoms with van der Waals surface area (Å²) in [6.45, 7) is 5.61. The van der Waals surface area contributed by atoms with E-state index in [-0.39, 0.29) is 18.3 Å². The van der Waals surface area contributed by atoms with Crippen LogP contribution in [0.25, 0.3) is 0 Å². The smallest absolute Gasteiger partial charge is 0.150 e. The SMILES string of the molecule is C=C/C=C/C1=CO[C@H](COCc2ccccc2)[C@H](OCc2ccccc2)[C@@H]1OCc1ccccc1. The molecular formula is C31H32O4. The molecule has 0 aromatic heterocycles. The van der Waals surface area contributed by atoms with Crippen molar-refractivity contribution in [1.29, 1.82) is 0 Å². The molecule has 0 unspecified atom stereocenters. The lowest BCUT2D eigenvalue weighted by atomic mass is 9.97. The largest absolute Gasteiger partial charge is 0.492 e. The molecule has 4 nitrogen and oxygen atoms in total. The minimum atomic E-state index is -0.357. The van der Waals surface area contributed by atoms with Crippen LogP contribution in [0.3, 0.4) is 0 Å². The van der Waals surface area contributed by atoms with Gasteiger partial charge in [-0.1, -0.05) is 116 Å². The summed E-state index contributed by atoms with van der Waals surface area (Å²) in [5.41, 5.74) is 4.21. The molecule has 1 aliphatic heterocycles. The van der Waals surface area contributed by atoms with E-state index in [0.29, 0.717) is 26.4 Å². The Morgan fingerprint density at radius 1 is 0.714 bits per heavy atom. The van der Waals surface area contributed by atoms with Gasteiger partial charge in [0.25, 0.3) is 0 Å². The molecule has 0 N–H and O–H groups in total. The minimum Gasteiger partial charge on any atom is -0.492 e. The first-order chi connectivity index (χ1) is 17.3. The van der Waals surface area contributed by atoms with Gasteiger partial charge >= 0.3 is 0 Å². The van der Waals surface area contributed by atoms with Crippen molar-refractivity contribution in [2.24, 2.45) is 0 Å². The molecule has 0 fully saturated rings. The summed E-state index contributed by atoms with van der Waals surface area (Å²) in [6, 6.07) is 30.4. The van der Waals surface area contributed by atoms with Crippen LogP contribution >= 0.6 is 0 Å². The predicted octanol–water partition coefficient (Wildman–Crippen LogP) is 6.40. The summed E-state index contributed by atoms with van der Waals surface area (Å²) < 4.78 is 25.1. The molecule has 0 aliphatic carbocycles. The maximum atomic E-state index is 6.47. The highest BCUT2D eigenvalue weighted by atomic mass is 16.6. The first-order valence-corrected chi connectivity index (χ1v) is 11.9. The van der Waals surface area contributed by atoms with Crippen molar-refractivity contribution in [3.05, 3.63) is 144 Å². The standard InChI is InChI=1S/C31H32O4/c1-2-3-19-28-23-33-29(24-32-20-25-13-7-4-8-14-25)31(35-22-27-17-11-6-12-18-27)30(28)34-21-26-15-9-5-10-16-26/h2-19,23,29-31H,1,20-22,24H2/b19-3+/t29-,30-,31+/m1/s1. The summed E-state index contributed by atoms with van der Waals surface area (Å²) in [6.07, 6.45) is 6.35. The Balaban J connectivity index is 1.52. The van der Waals surface area contributed by atoms with Crippen molar-refractivity contribution in [3.8, 4) is 0 Å². The topological polar surface area (TPSA) is 36.9 Å². The van der Waals surface area contributed by atoms with Crippen molar-refractivity contribution < 1.29 is 18.9 Å². The molecule has 4 rings (SSSR count). The normalized spacial score (nSPS) is 19.8. The third-order valence-corrected chi connectivity index (χ3v) is 5.75. The van der Waals surface area contributed by atoms with Crippen molar-refractivity contribution >= 4 is 0 Å². The molecule has 0 spiro atoms. The van der Waals surface area contributed by atoms with E-state index >= 15 is 0 Å². The van der Waals surface area contributed by atoms with E-state index in [2.05, 4.69) is 43.0 Å². The Morgan fingerprint density at radius 2 is 1.26 bits per heavy atom. The van der Waals surface area contributed by atoms with Gasteiger partial charge in [0.2, 0.25) is 0 Å². The number of hydrogen-bond acceptors (Lipinski definition) is 4. The molecule has 0 radical (unpaired) electrons. The van der Waals surface area contributed by atoms with Gasteiger partial charge in [-0.05, 0) is 16.7 Å². The molecule has 1 heterocycles. The zero-order chi connectivity index (χ0) is 24.1. The third kappa shape index (κ3) is 7.52. The molecule has 0 saturated carbocycles.